The Balaban J connectivity index is 4.00. The molecule has 0 heterocycles. The van der Waals surface area contributed by atoms with E-state index in [9.17, 15) is 4.79 Å². The van der Waals surface area contributed by atoms with Crippen molar-refractivity contribution in [1.82, 2.24) is 10.6 Å². The highest BCUT2D eigenvalue weighted by atomic mass is 16.5. The molecule has 0 aliphatic carbocycles. The number of nitrogens with one attached hydrogen (secondary N) is 2. The van der Waals surface area contributed by atoms with Crippen molar-refractivity contribution in [3.8, 4) is 6.07 Å². The maximum Gasteiger partial charge on any atom is 0.263 e. The van der Waals surface area contributed by atoms with Gasteiger partial charge in [0.05, 0.1) is 6.61 Å². The van der Waals surface area contributed by atoms with Crippen LogP contribution in [0.25, 0.3) is 0 Å². The monoisotopic (exact) mass is 197 g/mol. The molecule has 0 saturated carbocycles. The number of ether oxygens (including phenoxy) is 1. The van der Waals surface area contributed by atoms with Crippen LogP contribution < -0.4 is 10.6 Å². The summed E-state index contributed by atoms with van der Waals surface area (Å²) in [7, 11) is 1.55. The fraction of sp³-hybridized carbons (Fsp3) is 0.556. The van der Waals surface area contributed by atoms with Gasteiger partial charge in [-0.1, -0.05) is 0 Å². The number of nitrogens with zero attached hydrogens (tertiary/aromatic N) is 1. The first-order valence-electron chi connectivity index (χ1n) is 4.37. The Morgan fingerprint density at radius 1 is 1.64 bits per heavy atom. The quantitative estimate of drug-likeness (QED) is 0.350. The zero-order valence-corrected chi connectivity index (χ0v) is 8.46. The fourth-order valence-electron chi connectivity index (χ4n) is 0.715. The minimum absolute atomic E-state index is 0.0722. The van der Waals surface area contributed by atoms with Gasteiger partial charge >= 0.3 is 0 Å². The highest BCUT2D eigenvalue weighted by Gasteiger charge is 2.06. The highest BCUT2D eigenvalue weighted by Crippen LogP contribution is 1.89. The van der Waals surface area contributed by atoms with Crippen LogP contribution in [0.15, 0.2) is 11.8 Å². The number of rotatable bonds is 6. The molecule has 5 nitrogen and oxygen atoms in total. The summed E-state index contributed by atoms with van der Waals surface area (Å²) >= 11 is 0. The SMILES string of the molecule is CCN/C=C(/C#N)C(=O)NCCOC. The molecule has 0 aromatic heterocycles. The summed E-state index contributed by atoms with van der Waals surface area (Å²) in [5, 5.41) is 14.0. The third-order valence-corrected chi connectivity index (χ3v) is 1.41. The van der Waals surface area contributed by atoms with Crippen LogP contribution in [0, 0.1) is 11.3 Å². The number of carbonyl (C=O) groups is 1. The first-order valence-corrected chi connectivity index (χ1v) is 4.37. The summed E-state index contributed by atoms with van der Waals surface area (Å²) in [6.45, 7) is 3.40. The molecule has 0 aromatic carbocycles. The maximum atomic E-state index is 11.3. The van der Waals surface area contributed by atoms with Crippen LogP contribution >= 0.6 is 0 Å². The summed E-state index contributed by atoms with van der Waals surface area (Å²) < 4.78 is 4.75. The zero-order valence-electron chi connectivity index (χ0n) is 8.46. The van der Waals surface area contributed by atoms with Crippen molar-refractivity contribution in [1.29, 1.82) is 5.26 Å². The number of nitriles is 1. The van der Waals surface area contributed by atoms with E-state index in [1.807, 2.05) is 13.0 Å². The van der Waals surface area contributed by atoms with E-state index in [4.69, 9.17) is 10.00 Å². The minimum atomic E-state index is -0.384. The molecule has 0 aliphatic rings. The standard InChI is InChI=1S/C9H15N3O2/c1-3-11-7-8(6-10)9(13)12-4-5-14-2/h7,11H,3-5H2,1-2H3,(H,12,13)/b8-7-. The summed E-state index contributed by atoms with van der Waals surface area (Å²) in [4.78, 5) is 11.3. The average molecular weight is 197 g/mol. The van der Waals surface area contributed by atoms with Crippen LogP contribution in [-0.4, -0.2) is 32.7 Å². The largest absolute Gasteiger partial charge is 0.390 e. The van der Waals surface area contributed by atoms with E-state index >= 15 is 0 Å². The van der Waals surface area contributed by atoms with Crippen LogP contribution in [0.5, 0.6) is 0 Å². The number of hydrogen-bond acceptors (Lipinski definition) is 4. The number of methoxy groups -OCH3 is 1. The molecule has 5 heteroatoms. The Morgan fingerprint density at radius 2 is 2.36 bits per heavy atom. The second-order valence-electron chi connectivity index (χ2n) is 2.48. The Morgan fingerprint density at radius 3 is 2.86 bits per heavy atom. The second-order valence-corrected chi connectivity index (χ2v) is 2.48. The molecule has 0 unspecified atom stereocenters. The summed E-state index contributed by atoms with van der Waals surface area (Å²) in [5.41, 5.74) is 0.0722. The van der Waals surface area contributed by atoms with Crippen molar-refractivity contribution in [3.63, 3.8) is 0 Å². The van der Waals surface area contributed by atoms with Crippen LogP contribution in [-0.2, 0) is 9.53 Å². The van der Waals surface area contributed by atoms with E-state index < -0.39 is 0 Å². The summed E-state index contributed by atoms with van der Waals surface area (Å²) in [6, 6.07) is 1.81. The lowest BCUT2D eigenvalue weighted by Crippen LogP contribution is -2.28. The molecule has 0 radical (unpaired) electrons. The molecule has 0 fully saturated rings. The lowest BCUT2D eigenvalue weighted by Gasteiger charge is -2.02. The van der Waals surface area contributed by atoms with Gasteiger partial charge in [0, 0.05) is 26.4 Å². The molecule has 0 rings (SSSR count). The van der Waals surface area contributed by atoms with E-state index in [0.717, 1.165) is 0 Å². The van der Waals surface area contributed by atoms with E-state index in [0.29, 0.717) is 19.7 Å². The van der Waals surface area contributed by atoms with Gasteiger partial charge < -0.3 is 15.4 Å². The molecule has 0 spiro atoms. The Bertz CT molecular complexity index is 243. The molecular formula is C9H15N3O2. The van der Waals surface area contributed by atoms with Crippen molar-refractivity contribution in [2.45, 2.75) is 6.92 Å². The Hall–Kier alpha value is -1.54. The normalized spacial score (nSPS) is 10.5. The topological polar surface area (TPSA) is 74.2 Å². The van der Waals surface area contributed by atoms with Crippen molar-refractivity contribution in [3.05, 3.63) is 11.8 Å². The van der Waals surface area contributed by atoms with Gasteiger partial charge in [-0.3, -0.25) is 4.79 Å². The van der Waals surface area contributed by atoms with Crippen LogP contribution in [0.3, 0.4) is 0 Å². The van der Waals surface area contributed by atoms with Gasteiger partial charge in [-0.2, -0.15) is 5.26 Å². The van der Waals surface area contributed by atoms with Crippen molar-refractivity contribution < 1.29 is 9.53 Å². The third-order valence-electron chi connectivity index (χ3n) is 1.41. The first kappa shape index (κ1) is 12.5. The first-order chi connectivity index (χ1) is 6.76. The number of carbonyl (C=O) groups excluding carboxylic acids is 1. The van der Waals surface area contributed by atoms with Gasteiger partial charge in [-0.15, -0.1) is 0 Å². The van der Waals surface area contributed by atoms with E-state index in [1.165, 1.54) is 6.20 Å². The van der Waals surface area contributed by atoms with Crippen molar-refractivity contribution in [2.24, 2.45) is 0 Å². The second kappa shape index (κ2) is 8.08. The molecule has 0 bridgehead atoms. The lowest BCUT2D eigenvalue weighted by atomic mass is 10.3. The lowest BCUT2D eigenvalue weighted by molar-refractivity contribution is -0.117. The number of hydrogen-bond donors (Lipinski definition) is 2. The zero-order chi connectivity index (χ0) is 10.8. The Labute approximate surface area is 83.7 Å². The van der Waals surface area contributed by atoms with Gasteiger partial charge in [-0.25, -0.2) is 0 Å². The average Bonchev–Trinajstić information content (AvgIpc) is 2.19. The minimum Gasteiger partial charge on any atom is -0.390 e. The summed E-state index contributed by atoms with van der Waals surface area (Å²) in [5.74, 6) is -0.384. The number of amides is 1. The van der Waals surface area contributed by atoms with Gasteiger partial charge in [0.2, 0.25) is 0 Å². The third kappa shape index (κ3) is 5.17. The molecule has 78 valence electrons. The summed E-state index contributed by atoms with van der Waals surface area (Å²) in [6.07, 6.45) is 1.40. The van der Waals surface area contributed by atoms with Gasteiger partial charge in [-0.05, 0) is 6.92 Å². The molecule has 14 heavy (non-hydrogen) atoms. The molecule has 0 saturated heterocycles. The van der Waals surface area contributed by atoms with E-state index in [-0.39, 0.29) is 11.5 Å². The van der Waals surface area contributed by atoms with Gasteiger partial charge in [0.15, 0.2) is 0 Å². The van der Waals surface area contributed by atoms with E-state index in [1.54, 1.807) is 7.11 Å². The van der Waals surface area contributed by atoms with Crippen molar-refractivity contribution in [2.75, 3.05) is 26.8 Å². The van der Waals surface area contributed by atoms with E-state index in [2.05, 4.69) is 10.6 Å². The fourth-order valence-corrected chi connectivity index (χ4v) is 0.715. The molecular weight excluding hydrogens is 182 g/mol. The van der Waals surface area contributed by atoms with Gasteiger partial charge in [0.25, 0.3) is 5.91 Å². The van der Waals surface area contributed by atoms with Crippen LogP contribution in [0.4, 0.5) is 0 Å². The van der Waals surface area contributed by atoms with Crippen LogP contribution in [0.1, 0.15) is 6.92 Å². The Kier molecular flexibility index (Phi) is 7.19. The molecule has 0 atom stereocenters. The smallest absolute Gasteiger partial charge is 0.263 e. The molecule has 0 aromatic rings. The molecule has 0 aliphatic heterocycles. The van der Waals surface area contributed by atoms with Crippen LogP contribution in [0.2, 0.25) is 0 Å². The molecule has 1 amide bonds. The predicted molar refractivity (Wildman–Crippen MR) is 52.3 cm³/mol. The van der Waals surface area contributed by atoms with Crippen molar-refractivity contribution >= 4 is 5.91 Å². The predicted octanol–water partition coefficient (Wildman–Crippen LogP) is -0.234. The van der Waals surface area contributed by atoms with Gasteiger partial charge in [0.1, 0.15) is 11.6 Å². The maximum absolute atomic E-state index is 11.3. The highest BCUT2D eigenvalue weighted by molar-refractivity contribution is 5.97. The molecule has 2 N–H and O–H groups in total.